The van der Waals surface area contributed by atoms with Gasteiger partial charge in [-0.05, 0) is 30.4 Å². The molecule has 1 amide bonds. The van der Waals surface area contributed by atoms with Crippen LogP contribution in [0.15, 0.2) is 40.5 Å². The van der Waals surface area contributed by atoms with Crippen molar-refractivity contribution in [3.63, 3.8) is 0 Å². The van der Waals surface area contributed by atoms with Gasteiger partial charge in [-0.1, -0.05) is 12.5 Å². The number of rotatable bonds is 5. The predicted octanol–water partition coefficient (Wildman–Crippen LogP) is 2.49. The Bertz CT molecular complexity index is 524. The molecule has 2 N–H and O–H groups in total. The molecule has 5 heteroatoms. The molecule has 0 radical (unpaired) electrons. The summed E-state index contributed by atoms with van der Waals surface area (Å²) in [4.78, 5) is 12.8. The predicted molar refractivity (Wildman–Crippen MR) is 76.4 cm³/mol. The summed E-state index contributed by atoms with van der Waals surface area (Å²) in [6.07, 6.45) is 6.08. The van der Waals surface area contributed by atoms with Crippen LogP contribution in [0.2, 0.25) is 0 Å². The van der Waals surface area contributed by atoms with Crippen LogP contribution in [-0.4, -0.2) is 17.6 Å². The van der Waals surface area contributed by atoms with Crippen molar-refractivity contribution in [3.8, 4) is 0 Å². The molecular weight excluding hydrogens is 274 g/mol. The standard InChI is InChI=1S/C15H17NO3S/c17-14(11-3-1-4-11)16-10-15(18,12-6-7-19-9-12)13-5-2-8-20-13/h2,5-9,11,18H,1,3-4,10H2,(H,16,17)/t15-/m1/s1. The van der Waals surface area contributed by atoms with Crippen LogP contribution in [0.4, 0.5) is 0 Å². The smallest absolute Gasteiger partial charge is 0.223 e. The van der Waals surface area contributed by atoms with Crippen LogP contribution in [0.5, 0.6) is 0 Å². The molecule has 0 spiro atoms. The van der Waals surface area contributed by atoms with Crippen molar-refractivity contribution >= 4 is 17.2 Å². The van der Waals surface area contributed by atoms with Crippen molar-refractivity contribution in [1.82, 2.24) is 5.32 Å². The molecule has 1 saturated carbocycles. The minimum atomic E-state index is -1.22. The van der Waals surface area contributed by atoms with E-state index in [0.717, 1.165) is 24.1 Å². The topological polar surface area (TPSA) is 62.5 Å². The summed E-state index contributed by atoms with van der Waals surface area (Å²) in [7, 11) is 0. The molecule has 1 fully saturated rings. The first-order chi connectivity index (χ1) is 9.70. The van der Waals surface area contributed by atoms with Crippen molar-refractivity contribution in [2.24, 2.45) is 5.92 Å². The quantitative estimate of drug-likeness (QED) is 0.889. The summed E-state index contributed by atoms with van der Waals surface area (Å²) >= 11 is 1.46. The molecule has 0 saturated heterocycles. The zero-order valence-electron chi connectivity index (χ0n) is 11.0. The fraction of sp³-hybridized carbons (Fsp3) is 0.400. The van der Waals surface area contributed by atoms with E-state index < -0.39 is 5.60 Å². The van der Waals surface area contributed by atoms with Crippen molar-refractivity contribution in [2.75, 3.05) is 6.54 Å². The Morgan fingerprint density at radius 1 is 1.50 bits per heavy atom. The number of carbonyl (C=O) groups is 1. The molecule has 2 aromatic rings. The number of thiophene rings is 1. The molecule has 1 aliphatic rings. The molecule has 106 valence electrons. The second-order valence-electron chi connectivity index (χ2n) is 5.20. The number of carbonyl (C=O) groups excluding carboxylic acids is 1. The van der Waals surface area contributed by atoms with Crippen molar-refractivity contribution in [2.45, 2.75) is 24.9 Å². The Labute approximate surface area is 121 Å². The number of furan rings is 1. The van der Waals surface area contributed by atoms with Gasteiger partial charge in [-0.15, -0.1) is 11.3 Å². The first-order valence-corrected chi connectivity index (χ1v) is 7.65. The average molecular weight is 291 g/mol. The highest BCUT2D eigenvalue weighted by Gasteiger charge is 2.35. The van der Waals surface area contributed by atoms with E-state index >= 15 is 0 Å². The zero-order chi connectivity index (χ0) is 14.0. The Kier molecular flexibility index (Phi) is 3.63. The van der Waals surface area contributed by atoms with Crippen molar-refractivity contribution in [1.29, 1.82) is 0 Å². The summed E-state index contributed by atoms with van der Waals surface area (Å²) < 4.78 is 5.08. The Balaban J connectivity index is 1.78. The molecule has 0 unspecified atom stereocenters. The Hall–Kier alpha value is -1.59. The third-order valence-electron chi connectivity index (χ3n) is 3.92. The van der Waals surface area contributed by atoms with Gasteiger partial charge in [0.1, 0.15) is 5.60 Å². The van der Waals surface area contributed by atoms with Gasteiger partial charge in [0.25, 0.3) is 0 Å². The lowest BCUT2D eigenvalue weighted by Gasteiger charge is -2.29. The molecular formula is C15H17NO3S. The highest BCUT2D eigenvalue weighted by atomic mass is 32.1. The fourth-order valence-corrected chi connectivity index (χ4v) is 3.22. The second-order valence-corrected chi connectivity index (χ2v) is 6.14. The molecule has 20 heavy (non-hydrogen) atoms. The summed E-state index contributed by atoms with van der Waals surface area (Å²) in [6.45, 7) is 0.169. The Morgan fingerprint density at radius 2 is 2.35 bits per heavy atom. The first kappa shape index (κ1) is 13.4. The molecule has 0 aliphatic heterocycles. The molecule has 0 aromatic carbocycles. The lowest BCUT2D eigenvalue weighted by molar-refractivity contribution is -0.128. The number of hydrogen-bond donors (Lipinski definition) is 2. The molecule has 2 heterocycles. The molecule has 3 rings (SSSR count). The van der Waals surface area contributed by atoms with E-state index in [0.29, 0.717) is 5.56 Å². The number of aliphatic hydroxyl groups is 1. The third-order valence-corrected chi connectivity index (χ3v) is 4.94. The van der Waals surface area contributed by atoms with Crippen molar-refractivity contribution in [3.05, 3.63) is 46.5 Å². The maximum Gasteiger partial charge on any atom is 0.223 e. The number of nitrogens with one attached hydrogen (secondary N) is 1. The molecule has 0 bridgehead atoms. The third kappa shape index (κ3) is 2.39. The van der Waals surface area contributed by atoms with E-state index in [1.165, 1.54) is 23.9 Å². The van der Waals surface area contributed by atoms with Crippen LogP contribution < -0.4 is 5.32 Å². The van der Waals surface area contributed by atoms with E-state index in [4.69, 9.17) is 4.42 Å². The highest BCUT2D eigenvalue weighted by Crippen LogP contribution is 2.33. The average Bonchev–Trinajstić information content (AvgIpc) is 3.05. The summed E-state index contributed by atoms with van der Waals surface area (Å²) in [5, 5.41) is 15.8. The van der Waals surface area contributed by atoms with Gasteiger partial charge < -0.3 is 14.8 Å². The lowest BCUT2D eigenvalue weighted by Crippen LogP contribution is -2.44. The van der Waals surface area contributed by atoms with Gasteiger partial charge in [-0.25, -0.2) is 0 Å². The zero-order valence-corrected chi connectivity index (χ0v) is 11.9. The molecule has 2 aromatic heterocycles. The maximum atomic E-state index is 12.0. The molecule has 1 atom stereocenters. The van der Waals surface area contributed by atoms with Gasteiger partial charge in [-0.3, -0.25) is 4.79 Å². The van der Waals surface area contributed by atoms with Crippen LogP contribution >= 0.6 is 11.3 Å². The minimum absolute atomic E-state index is 0.0368. The number of amides is 1. The van der Waals surface area contributed by atoms with Gasteiger partial charge in [0.2, 0.25) is 5.91 Å². The van der Waals surface area contributed by atoms with E-state index in [2.05, 4.69) is 5.32 Å². The summed E-state index contributed by atoms with van der Waals surface area (Å²) in [5.41, 5.74) is -0.561. The first-order valence-electron chi connectivity index (χ1n) is 6.77. The van der Waals surface area contributed by atoms with Gasteiger partial charge in [0.05, 0.1) is 19.1 Å². The second kappa shape index (κ2) is 5.42. The molecule has 4 nitrogen and oxygen atoms in total. The SMILES string of the molecule is O=C(NC[C@@](O)(c1ccoc1)c1cccs1)C1CCC1. The van der Waals surface area contributed by atoms with Gasteiger partial charge in [0, 0.05) is 16.4 Å². The van der Waals surface area contributed by atoms with Gasteiger partial charge >= 0.3 is 0 Å². The number of hydrogen-bond acceptors (Lipinski definition) is 4. The Morgan fingerprint density at radius 3 is 2.90 bits per heavy atom. The van der Waals surface area contributed by atoms with E-state index in [1.54, 1.807) is 6.07 Å². The van der Waals surface area contributed by atoms with Gasteiger partial charge in [0.15, 0.2) is 0 Å². The van der Waals surface area contributed by atoms with Crippen LogP contribution in [0, 0.1) is 5.92 Å². The highest BCUT2D eigenvalue weighted by molar-refractivity contribution is 7.10. The van der Waals surface area contributed by atoms with Crippen LogP contribution in [-0.2, 0) is 10.4 Å². The largest absolute Gasteiger partial charge is 0.472 e. The molecule has 1 aliphatic carbocycles. The van der Waals surface area contributed by atoms with Crippen LogP contribution in [0.1, 0.15) is 29.7 Å². The van der Waals surface area contributed by atoms with E-state index in [1.807, 2.05) is 17.5 Å². The van der Waals surface area contributed by atoms with Crippen molar-refractivity contribution < 1.29 is 14.3 Å². The fourth-order valence-electron chi connectivity index (χ4n) is 2.37. The van der Waals surface area contributed by atoms with E-state index in [9.17, 15) is 9.90 Å². The maximum absolute atomic E-state index is 12.0. The van der Waals surface area contributed by atoms with Gasteiger partial charge in [-0.2, -0.15) is 0 Å². The van der Waals surface area contributed by atoms with Crippen LogP contribution in [0.3, 0.4) is 0 Å². The van der Waals surface area contributed by atoms with E-state index in [-0.39, 0.29) is 18.4 Å². The minimum Gasteiger partial charge on any atom is -0.472 e. The normalized spacial score (nSPS) is 18.2. The lowest BCUT2D eigenvalue weighted by atomic mass is 9.84. The van der Waals surface area contributed by atoms with Crippen LogP contribution in [0.25, 0.3) is 0 Å². The summed E-state index contributed by atoms with van der Waals surface area (Å²) in [5.74, 6) is 0.154. The monoisotopic (exact) mass is 291 g/mol. The summed E-state index contributed by atoms with van der Waals surface area (Å²) in [6, 6.07) is 5.49.